The van der Waals surface area contributed by atoms with Crippen molar-refractivity contribution in [3.05, 3.63) is 39.3 Å². The number of rotatable bonds is 5. The van der Waals surface area contributed by atoms with Gasteiger partial charge in [-0.2, -0.15) is 13.5 Å². The van der Waals surface area contributed by atoms with Crippen molar-refractivity contribution in [2.75, 3.05) is 0 Å². The van der Waals surface area contributed by atoms with E-state index in [0.717, 1.165) is 19.1 Å². The topological polar surface area (TPSA) is 86.4 Å². The van der Waals surface area contributed by atoms with Crippen molar-refractivity contribution >= 4 is 17.6 Å². The molecule has 7 nitrogen and oxygen atoms in total. The van der Waals surface area contributed by atoms with Crippen molar-refractivity contribution in [3.63, 3.8) is 0 Å². The van der Waals surface area contributed by atoms with Gasteiger partial charge in [-0.1, -0.05) is 11.6 Å². The fourth-order valence-corrected chi connectivity index (χ4v) is 2.10. The minimum Gasteiger partial charge on any atom is -0.479 e. The first-order valence-electron chi connectivity index (χ1n) is 6.48. The Labute approximate surface area is 137 Å². The highest BCUT2D eigenvalue weighted by molar-refractivity contribution is 6.32. The zero-order valence-electron chi connectivity index (χ0n) is 12.3. The number of ether oxygens (including phenoxy) is 1. The number of carbonyl (C=O) groups is 1. The zero-order valence-corrected chi connectivity index (χ0v) is 13.1. The second-order valence-corrected chi connectivity index (χ2v) is 5.13. The molecule has 1 aromatic heterocycles. The standard InChI is InChI=1S/C13H11ClF3N3O4/c1-5(11(21)22)24-10-4-9(7(14)3-8(10)15)20-13(23)19(12(16)17)6(2)18-20/h3-5,12H,1-2H3,(H,21,22). The monoisotopic (exact) mass is 365 g/mol. The van der Waals surface area contributed by atoms with Crippen LogP contribution in [0.25, 0.3) is 5.69 Å². The van der Waals surface area contributed by atoms with Crippen LogP contribution in [0.5, 0.6) is 5.75 Å². The van der Waals surface area contributed by atoms with Crippen LogP contribution in [-0.2, 0) is 4.79 Å². The molecule has 0 amide bonds. The van der Waals surface area contributed by atoms with Crippen LogP contribution < -0.4 is 10.4 Å². The average molecular weight is 366 g/mol. The number of benzene rings is 1. The number of aromatic nitrogens is 3. The lowest BCUT2D eigenvalue weighted by molar-refractivity contribution is -0.144. The molecule has 1 atom stereocenters. The van der Waals surface area contributed by atoms with Gasteiger partial charge in [-0.3, -0.25) is 0 Å². The van der Waals surface area contributed by atoms with Crippen molar-refractivity contribution in [2.24, 2.45) is 0 Å². The third-order valence-corrected chi connectivity index (χ3v) is 3.36. The summed E-state index contributed by atoms with van der Waals surface area (Å²) < 4.78 is 45.1. The van der Waals surface area contributed by atoms with Crippen molar-refractivity contribution in [1.29, 1.82) is 0 Å². The summed E-state index contributed by atoms with van der Waals surface area (Å²) >= 11 is 5.84. The first-order chi connectivity index (χ1) is 11.1. The number of aliphatic carboxylic acids is 1. The van der Waals surface area contributed by atoms with E-state index >= 15 is 0 Å². The number of halogens is 4. The first-order valence-corrected chi connectivity index (χ1v) is 6.86. The molecule has 0 aliphatic heterocycles. The molecule has 11 heteroatoms. The molecule has 0 spiro atoms. The van der Waals surface area contributed by atoms with Gasteiger partial charge in [0.05, 0.1) is 10.7 Å². The molecule has 2 rings (SSSR count). The molecule has 0 saturated carbocycles. The van der Waals surface area contributed by atoms with Crippen LogP contribution in [0.15, 0.2) is 16.9 Å². The Morgan fingerprint density at radius 2 is 2.04 bits per heavy atom. The second kappa shape index (κ2) is 6.56. The molecule has 1 unspecified atom stereocenters. The van der Waals surface area contributed by atoms with E-state index in [1.54, 1.807) is 0 Å². The fraction of sp³-hybridized carbons (Fsp3) is 0.308. The lowest BCUT2D eigenvalue weighted by Crippen LogP contribution is -2.26. The van der Waals surface area contributed by atoms with E-state index in [-0.39, 0.29) is 21.1 Å². The van der Waals surface area contributed by atoms with Gasteiger partial charge in [-0.25, -0.2) is 18.5 Å². The molecule has 0 radical (unpaired) electrons. The van der Waals surface area contributed by atoms with Gasteiger partial charge in [0, 0.05) is 6.07 Å². The SMILES string of the molecule is Cc1nn(-c2cc(OC(C)C(=O)O)c(F)cc2Cl)c(=O)n1C(F)F. The van der Waals surface area contributed by atoms with Crippen LogP contribution in [0.3, 0.4) is 0 Å². The molecule has 0 aliphatic rings. The van der Waals surface area contributed by atoms with E-state index in [4.69, 9.17) is 21.4 Å². The fourth-order valence-electron chi connectivity index (χ4n) is 1.87. The summed E-state index contributed by atoms with van der Waals surface area (Å²) in [7, 11) is 0. The summed E-state index contributed by atoms with van der Waals surface area (Å²) in [5.41, 5.74) is -1.41. The number of hydrogen-bond acceptors (Lipinski definition) is 4. The van der Waals surface area contributed by atoms with Gasteiger partial charge < -0.3 is 9.84 Å². The number of alkyl halides is 2. The van der Waals surface area contributed by atoms with Crippen LogP contribution in [-0.4, -0.2) is 31.5 Å². The quantitative estimate of drug-likeness (QED) is 0.879. The number of nitrogens with zero attached hydrogens (tertiary/aromatic N) is 3. The maximum Gasteiger partial charge on any atom is 0.355 e. The highest BCUT2D eigenvalue weighted by Crippen LogP contribution is 2.29. The molecule has 1 heterocycles. The molecule has 2 aromatic rings. The van der Waals surface area contributed by atoms with Gasteiger partial charge in [0.1, 0.15) is 5.82 Å². The number of aryl methyl sites for hydroxylation is 1. The van der Waals surface area contributed by atoms with Gasteiger partial charge >= 0.3 is 18.2 Å². The predicted octanol–water partition coefficient (Wildman–Crippen LogP) is 2.38. The lowest BCUT2D eigenvalue weighted by Gasteiger charge is -2.13. The van der Waals surface area contributed by atoms with E-state index in [1.165, 1.54) is 6.92 Å². The van der Waals surface area contributed by atoms with Gasteiger partial charge in [0.2, 0.25) is 0 Å². The Balaban J connectivity index is 2.58. The first kappa shape index (κ1) is 17.9. The number of carboxylic acid groups (broad SMARTS) is 1. The van der Waals surface area contributed by atoms with Gasteiger partial charge in [-0.15, -0.1) is 5.10 Å². The molecular weight excluding hydrogens is 355 g/mol. The number of hydrogen-bond donors (Lipinski definition) is 1. The van der Waals surface area contributed by atoms with E-state index < -0.39 is 35.9 Å². The Bertz CT molecular complexity index is 850. The van der Waals surface area contributed by atoms with Crippen LogP contribution in [0, 0.1) is 12.7 Å². The van der Waals surface area contributed by atoms with Crippen LogP contribution in [0.2, 0.25) is 5.02 Å². The molecule has 0 saturated heterocycles. The van der Waals surface area contributed by atoms with Gasteiger partial charge in [0.15, 0.2) is 17.7 Å². The van der Waals surface area contributed by atoms with Gasteiger partial charge in [0.25, 0.3) is 0 Å². The lowest BCUT2D eigenvalue weighted by atomic mass is 10.2. The van der Waals surface area contributed by atoms with Crippen molar-refractivity contribution in [2.45, 2.75) is 26.5 Å². The molecule has 1 N–H and O–H groups in total. The van der Waals surface area contributed by atoms with E-state index in [1.807, 2.05) is 0 Å². The molecule has 0 fully saturated rings. The summed E-state index contributed by atoms with van der Waals surface area (Å²) in [4.78, 5) is 22.8. The van der Waals surface area contributed by atoms with Crippen LogP contribution >= 0.6 is 11.6 Å². The summed E-state index contributed by atoms with van der Waals surface area (Å²) in [6.45, 7) is -0.767. The normalized spacial score (nSPS) is 12.5. The second-order valence-electron chi connectivity index (χ2n) is 4.72. The van der Waals surface area contributed by atoms with Gasteiger partial charge in [-0.05, 0) is 19.9 Å². The predicted molar refractivity (Wildman–Crippen MR) is 76.5 cm³/mol. The van der Waals surface area contributed by atoms with Crippen molar-refractivity contribution < 1.29 is 27.8 Å². The summed E-state index contributed by atoms with van der Waals surface area (Å²) in [5.74, 6) is -3.12. The molecular formula is C13H11ClF3N3O4. The maximum absolute atomic E-state index is 13.8. The maximum atomic E-state index is 13.8. The minimum atomic E-state index is -3.12. The molecule has 0 aliphatic carbocycles. The summed E-state index contributed by atoms with van der Waals surface area (Å²) in [5, 5.41) is 12.2. The Morgan fingerprint density at radius 1 is 1.42 bits per heavy atom. The van der Waals surface area contributed by atoms with E-state index in [0.29, 0.717) is 4.68 Å². The summed E-state index contributed by atoms with van der Waals surface area (Å²) in [6, 6.07) is 1.69. The Hall–Kier alpha value is -2.49. The minimum absolute atomic E-state index is 0.125. The molecule has 130 valence electrons. The van der Waals surface area contributed by atoms with Crippen LogP contribution in [0.4, 0.5) is 13.2 Å². The Kier molecular flexibility index (Phi) is 4.88. The smallest absolute Gasteiger partial charge is 0.355 e. The highest BCUT2D eigenvalue weighted by atomic mass is 35.5. The zero-order chi connectivity index (χ0) is 18.2. The highest BCUT2D eigenvalue weighted by Gasteiger charge is 2.22. The summed E-state index contributed by atoms with van der Waals surface area (Å²) in [6.07, 6.45) is -1.38. The number of carboxylic acids is 1. The molecule has 1 aromatic carbocycles. The van der Waals surface area contributed by atoms with E-state index in [2.05, 4.69) is 5.10 Å². The van der Waals surface area contributed by atoms with Crippen molar-refractivity contribution in [3.8, 4) is 11.4 Å². The van der Waals surface area contributed by atoms with E-state index in [9.17, 15) is 22.8 Å². The van der Waals surface area contributed by atoms with Crippen LogP contribution in [0.1, 0.15) is 19.3 Å². The average Bonchev–Trinajstić information content (AvgIpc) is 2.76. The van der Waals surface area contributed by atoms with Crippen molar-refractivity contribution in [1.82, 2.24) is 14.3 Å². The molecule has 24 heavy (non-hydrogen) atoms. The Morgan fingerprint density at radius 3 is 2.54 bits per heavy atom. The third-order valence-electron chi connectivity index (χ3n) is 3.06. The third kappa shape index (κ3) is 3.23. The molecule has 0 bridgehead atoms. The largest absolute Gasteiger partial charge is 0.479 e.